The summed E-state index contributed by atoms with van der Waals surface area (Å²) in [5.41, 5.74) is 2.11. The van der Waals surface area contributed by atoms with Crippen molar-refractivity contribution < 1.29 is 19.1 Å². The number of aryl methyl sites for hydroxylation is 2. The molecular weight excluding hydrogens is 314 g/mol. The molecule has 1 heterocycles. The molecule has 0 amide bonds. The molecule has 0 bridgehead atoms. The van der Waals surface area contributed by atoms with E-state index >= 15 is 0 Å². The Morgan fingerprint density at radius 2 is 2.00 bits per heavy atom. The van der Waals surface area contributed by atoms with Gasteiger partial charge in [0.25, 0.3) is 0 Å². The highest BCUT2D eigenvalue weighted by Gasteiger charge is 2.15. The summed E-state index contributed by atoms with van der Waals surface area (Å²) in [6, 6.07) is 5.42. The van der Waals surface area contributed by atoms with Crippen molar-refractivity contribution in [3.8, 4) is 11.4 Å². The maximum Gasteiger partial charge on any atom is 0.354 e. The zero-order chi connectivity index (χ0) is 17.7. The highest BCUT2D eigenvalue weighted by molar-refractivity contribution is 5.99. The number of hydrogen-bond acceptors (Lipinski definition) is 8. The first-order chi connectivity index (χ1) is 11.4. The highest BCUT2D eigenvalue weighted by atomic mass is 16.5. The van der Waals surface area contributed by atoms with E-state index in [2.05, 4.69) is 30.2 Å². The van der Waals surface area contributed by atoms with Crippen LogP contribution in [0.15, 0.2) is 30.0 Å². The van der Waals surface area contributed by atoms with Crippen molar-refractivity contribution in [3.63, 3.8) is 0 Å². The Hall–Kier alpha value is -3.23. The van der Waals surface area contributed by atoms with Crippen molar-refractivity contribution in [2.24, 2.45) is 7.05 Å². The molecule has 126 valence electrons. The third-order valence-corrected chi connectivity index (χ3v) is 3.14. The van der Waals surface area contributed by atoms with E-state index < -0.39 is 11.9 Å². The lowest BCUT2D eigenvalue weighted by Crippen LogP contribution is -2.16. The first kappa shape index (κ1) is 17.1. The maximum absolute atomic E-state index is 11.8. The number of anilines is 1. The van der Waals surface area contributed by atoms with E-state index in [4.69, 9.17) is 0 Å². The Balaban J connectivity index is 2.37. The summed E-state index contributed by atoms with van der Waals surface area (Å²) >= 11 is 0. The van der Waals surface area contributed by atoms with Crippen molar-refractivity contribution in [1.29, 1.82) is 0 Å². The molecule has 9 heteroatoms. The van der Waals surface area contributed by atoms with Gasteiger partial charge in [0.2, 0.25) is 5.82 Å². The van der Waals surface area contributed by atoms with Gasteiger partial charge in [-0.05, 0) is 23.8 Å². The van der Waals surface area contributed by atoms with Crippen LogP contribution in [0.3, 0.4) is 0 Å². The Labute approximate surface area is 138 Å². The molecule has 0 aliphatic carbocycles. The van der Waals surface area contributed by atoms with E-state index in [-0.39, 0.29) is 5.70 Å². The lowest BCUT2D eigenvalue weighted by atomic mass is 10.1. The number of ether oxygens (including phenoxy) is 2. The van der Waals surface area contributed by atoms with Crippen LogP contribution >= 0.6 is 0 Å². The number of nitrogens with zero attached hydrogens (tertiary/aromatic N) is 4. The van der Waals surface area contributed by atoms with Crippen LogP contribution in [0.2, 0.25) is 0 Å². The third-order valence-electron chi connectivity index (χ3n) is 3.14. The van der Waals surface area contributed by atoms with Crippen LogP contribution in [0, 0.1) is 6.92 Å². The normalized spacial score (nSPS) is 11.1. The van der Waals surface area contributed by atoms with Crippen LogP contribution in [-0.2, 0) is 26.1 Å². The van der Waals surface area contributed by atoms with E-state index in [1.165, 1.54) is 19.0 Å². The molecule has 0 fully saturated rings. The molecule has 0 saturated carbocycles. The lowest BCUT2D eigenvalue weighted by molar-refractivity contribution is -0.138. The van der Waals surface area contributed by atoms with Gasteiger partial charge in [-0.25, -0.2) is 9.59 Å². The summed E-state index contributed by atoms with van der Waals surface area (Å²) in [6.07, 6.45) is 1.03. The van der Waals surface area contributed by atoms with Gasteiger partial charge in [0.05, 0.1) is 27.3 Å². The molecule has 0 aliphatic heterocycles. The van der Waals surface area contributed by atoms with Crippen LogP contribution in [0.1, 0.15) is 5.56 Å². The van der Waals surface area contributed by atoms with Gasteiger partial charge in [0.1, 0.15) is 5.70 Å². The van der Waals surface area contributed by atoms with Crippen molar-refractivity contribution in [3.05, 3.63) is 35.5 Å². The molecule has 0 aliphatic rings. The fourth-order valence-corrected chi connectivity index (χ4v) is 1.87. The fourth-order valence-electron chi connectivity index (χ4n) is 1.87. The second-order valence-corrected chi connectivity index (χ2v) is 4.83. The van der Waals surface area contributed by atoms with E-state index in [0.717, 1.165) is 11.6 Å². The fraction of sp³-hybridized carbons (Fsp3) is 0.267. The van der Waals surface area contributed by atoms with Crippen LogP contribution in [0.25, 0.3) is 11.4 Å². The second-order valence-electron chi connectivity index (χ2n) is 4.83. The summed E-state index contributed by atoms with van der Waals surface area (Å²) < 4.78 is 9.22. The average molecular weight is 331 g/mol. The number of tetrazole rings is 1. The van der Waals surface area contributed by atoms with E-state index in [0.29, 0.717) is 17.1 Å². The minimum atomic E-state index is -0.692. The molecule has 0 spiro atoms. The number of carbonyl (C=O) groups is 2. The standard InChI is InChI=1S/C15H17N5O4/c1-9-5-6-10(14-17-19-20(2)18-14)7-11(9)16-12(15(22)24-4)8-13(21)23-3/h5-8,16H,1-4H3/b12-8+. The van der Waals surface area contributed by atoms with E-state index in [1.54, 1.807) is 13.1 Å². The van der Waals surface area contributed by atoms with Gasteiger partial charge in [0.15, 0.2) is 0 Å². The van der Waals surface area contributed by atoms with Gasteiger partial charge >= 0.3 is 11.9 Å². The predicted octanol–water partition coefficient (Wildman–Crippen LogP) is 0.827. The van der Waals surface area contributed by atoms with Crippen molar-refractivity contribution in [1.82, 2.24) is 20.2 Å². The Morgan fingerprint density at radius 3 is 2.58 bits per heavy atom. The van der Waals surface area contributed by atoms with Gasteiger partial charge < -0.3 is 14.8 Å². The molecule has 1 N–H and O–H groups in total. The van der Waals surface area contributed by atoms with Gasteiger partial charge in [-0.1, -0.05) is 12.1 Å². The van der Waals surface area contributed by atoms with Crippen LogP contribution < -0.4 is 5.32 Å². The molecule has 0 unspecified atom stereocenters. The van der Waals surface area contributed by atoms with Crippen molar-refractivity contribution in [2.45, 2.75) is 6.92 Å². The quantitative estimate of drug-likeness (QED) is 0.634. The molecule has 0 saturated heterocycles. The molecule has 1 aromatic carbocycles. The van der Waals surface area contributed by atoms with Crippen LogP contribution in [0.5, 0.6) is 0 Å². The van der Waals surface area contributed by atoms with Crippen LogP contribution in [-0.4, -0.2) is 46.4 Å². The smallest absolute Gasteiger partial charge is 0.354 e. The van der Waals surface area contributed by atoms with Gasteiger partial charge in [-0.15, -0.1) is 10.2 Å². The zero-order valence-electron chi connectivity index (χ0n) is 13.7. The number of carbonyl (C=O) groups excluding carboxylic acids is 2. The maximum atomic E-state index is 11.8. The Morgan fingerprint density at radius 1 is 1.25 bits per heavy atom. The monoisotopic (exact) mass is 331 g/mol. The minimum absolute atomic E-state index is 0.0447. The first-order valence-electron chi connectivity index (χ1n) is 6.94. The molecule has 1 aromatic heterocycles. The number of benzene rings is 1. The number of hydrogen-bond donors (Lipinski definition) is 1. The van der Waals surface area contributed by atoms with Gasteiger partial charge in [-0.2, -0.15) is 4.80 Å². The summed E-state index contributed by atoms with van der Waals surface area (Å²) in [4.78, 5) is 24.6. The summed E-state index contributed by atoms with van der Waals surface area (Å²) in [7, 11) is 4.11. The Kier molecular flexibility index (Phi) is 5.25. The second kappa shape index (κ2) is 7.36. The highest BCUT2D eigenvalue weighted by Crippen LogP contribution is 2.24. The average Bonchev–Trinajstić information content (AvgIpc) is 3.01. The number of aromatic nitrogens is 4. The molecule has 2 rings (SSSR count). The number of rotatable bonds is 5. The molecule has 0 radical (unpaired) electrons. The predicted molar refractivity (Wildman–Crippen MR) is 84.7 cm³/mol. The van der Waals surface area contributed by atoms with Crippen LogP contribution in [0.4, 0.5) is 5.69 Å². The van der Waals surface area contributed by atoms with E-state index in [9.17, 15) is 9.59 Å². The molecule has 9 nitrogen and oxygen atoms in total. The summed E-state index contributed by atoms with van der Waals surface area (Å²) in [5, 5.41) is 14.7. The zero-order valence-corrected chi connectivity index (χ0v) is 13.7. The number of methoxy groups -OCH3 is 2. The first-order valence-corrected chi connectivity index (χ1v) is 6.94. The van der Waals surface area contributed by atoms with E-state index in [1.807, 2.05) is 19.1 Å². The SMILES string of the molecule is COC(=O)/C=C(/Nc1cc(-c2nnn(C)n2)ccc1C)C(=O)OC. The molecule has 0 atom stereocenters. The van der Waals surface area contributed by atoms with Gasteiger partial charge in [-0.3, -0.25) is 0 Å². The minimum Gasteiger partial charge on any atom is -0.466 e. The number of nitrogens with one attached hydrogen (secondary N) is 1. The topological polar surface area (TPSA) is 108 Å². The summed E-state index contributed by atoms with van der Waals surface area (Å²) in [5.74, 6) is -0.924. The molecular formula is C15H17N5O4. The largest absolute Gasteiger partial charge is 0.466 e. The van der Waals surface area contributed by atoms with Crippen molar-refractivity contribution in [2.75, 3.05) is 19.5 Å². The molecule has 24 heavy (non-hydrogen) atoms. The van der Waals surface area contributed by atoms with Gasteiger partial charge in [0, 0.05) is 11.3 Å². The number of esters is 2. The van der Waals surface area contributed by atoms with Crippen molar-refractivity contribution >= 4 is 17.6 Å². The Bertz CT molecular complexity index is 797. The molecule has 2 aromatic rings. The third kappa shape index (κ3) is 3.94. The lowest BCUT2D eigenvalue weighted by Gasteiger charge is -2.12. The summed E-state index contributed by atoms with van der Waals surface area (Å²) in [6.45, 7) is 1.85.